The van der Waals surface area contributed by atoms with Crippen LogP contribution in [-0.4, -0.2) is 22.1 Å². The molecule has 0 atom stereocenters. The second kappa shape index (κ2) is 8.86. The molecule has 0 spiro atoms. The van der Waals surface area contributed by atoms with Crippen LogP contribution in [0.15, 0.2) is 87.1 Å². The van der Waals surface area contributed by atoms with Crippen LogP contribution in [0.1, 0.15) is 6.92 Å². The van der Waals surface area contributed by atoms with E-state index in [4.69, 9.17) is 24.0 Å². The van der Waals surface area contributed by atoms with Crippen molar-refractivity contribution in [1.29, 1.82) is 0 Å². The first-order valence-corrected chi connectivity index (χ1v) is 11.4. The molecule has 0 unspecified atom stereocenters. The summed E-state index contributed by atoms with van der Waals surface area (Å²) in [5.41, 5.74) is 2.08. The van der Waals surface area contributed by atoms with E-state index in [0.717, 1.165) is 16.7 Å². The highest BCUT2D eigenvalue weighted by Gasteiger charge is 2.10. The molecular formula is C24H22N2O5S. The van der Waals surface area contributed by atoms with Crippen molar-refractivity contribution in [2.24, 2.45) is 10.1 Å². The average molecular weight is 451 g/mol. The predicted molar refractivity (Wildman–Crippen MR) is 122 cm³/mol. The fourth-order valence-corrected chi connectivity index (χ4v) is 3.76. The van der Waals surface area contributed by atoms with Gasteiger partial charge in [-0.2, -0.15) is 0 Å². The number of sulfonamides is 1. The lowest BCUT2D eigenvalue weighted by Gasteiger charge is -2.08. The summed E-state index contributed by atoms with van der Waals surface area (Å²) in [5, 5.41) is 6.61. The van der Waals surface area contributed by atoms with Gasteiger partial charge in [0.2, 0.25) is 10.0 Å². The van der Waals surface area contributed by atoms with Crippen LogP contribution in [0, 0.1) is 0 Å². The van der Waals surface area contributed by atoms with Gasteiger partial charge >= 0.3 is 0 Å². The van der Waals surface area contributed by atoms with E-state index in [1.165, 1.54) is 12.1 Å². The predicted octanol–water partition coefficient (Wildman–Crippen LogP) is 4.39. The largest absolute Gasteiger partial charge is 0.497 e. The quantitative estimate of drug-likeness (QED) is 0.469. The minimum absolute atomic E-state index is 0.0296. The van der Waals surface area contributed by atoms with Crippen LogP contribution in [0.3, 0.4) is 0 Å². The summed E-state index contributed by atoms with van der Waals surface area (Å²) in [4.78, 5) is 4.77. The Balaban J connectivity index is 1.90. The Morgan fingerprint density at radius 1 is 0.938 bits per heavy atom. The number of hydrogen-bond donors (Lipinski definition) is 1. The SMILES string of the molecule is CCOc1ccc2oc(-c3ccc(OC)cc3)cc(=Nc3ccc(S(N)(=O)=O)cc3)c2c1. The molecule has 164 valence electrons. The molecule has 2 N–H and O–H groups in total. The van der Waals surface area contributed by atoms with Gasteiger partial charge in [0.1, 0.15) is 22.8 Å². The van der Waals surface area contributed by atoms with Gasteiger partial charge in [0, 0.05) is 17.0 Å². The lowest BCUT2D eigenvalue weighted by atomic mass is 10.1. The molecule has 4 aromatic rings. The van der Waals surface area contributed by atoms with Gasteiger partial charge in [-0.1, -0.05) is 0 Å². The molecule has 0 amide bonds. The molecule has 7 nitrogen and oxygen atoms in total. The Morgan fingerprint density at radius 3 is 2.25 bits per heavy atom. The summed E-state index contributed by atoms with van der Waals surface area (Å²) in [7, 11) is -2.16. The Labute approximate surface area is 185 Å². The van der Waals surface area contributed by atoms with Crippen LogP contribution >= 0.6 is 0 Å². The van der Waals surface area contributed by atoms with Gasteiger partial charge < -0.3 is 13.9 Å². The maximum absolute atomic E-state index is 11.5. The first kappa shape index (κ1) is 21.6. The molecule has 1 heterocycles. The number of methoxy groups -OCH3 is 1. The maximum Gasteiger partial charge on any atom is 0.238 e. The van der Waals surface area contributed by atoms with Crippen molar-refractivity contribution in [1.82, 2.24) is 0 Å². The van der Waals surface area contributed by atoms with Crippen LogP contribution in [0.4, 0.5) is 5.69 Å². The van der Waals surface area contributed by atoms with Gasteiger partial charge in [-0.05, 0) is 73.7 Å². The molecule has 0 fully saturated rings. The Hall–Kier alpha value is -3.62. The molecule has 0 aliphatic heterocycles. The fourth-order valence-electron chi connectivity index (χ4n) is 3.24. The second-order valence-electron chi connectivity index (χ2n) is 6.97. The van der Waals surface area contributed by atoms with Crippen molar-refractivity contribution in [2.45, 2.75) is 11.8 Å². The number of nitrogens with two attached hydrogens (primary N) is 1. The van der Waals surface area contributed by atoms with Crippen molar-refractivity contribution in [2.75, 3.05) is 13.7 Å². The fraction of sp³-hybridized carbons (Fsp3) is 0.125. The standard InChI is InChI=1S/C24H22N2O5S/c1-3-30-19-10-13-23-21(14-19)22(26-17-6-11-20(12-7-17)32(25,27)28)15-24(31-23)16-4-8-18(29-2)9-5-16/h4-15H,3H2,1-2H3,(H2,25,27,28). The van der Waals surface area contributed by atoms with Gasteiger partial charge in [-0.15, -0.1) is 0 Å². The van der Waals surface area contributed by atoms with Crippen LogP contribution in [0.5, 0.6) is 11.5 Å². The molecule has 0 saturated heterocycles. The third-order valence-corrected chi connectivity index (χ3v) is 5.74. The zero-order chi connectivity index (χ0) is 22.7. The summed E-state index contributed by atoms with van der Waals surface area (Å²) < 4.78 is 40.1. The highest BCUT2D eigenvalue weighted by molar-refractivity contribution is 7.89. The van der Waals surface area contributed by atoms with Crippen LogP contribution in [0.2, 0.25) is 0 Å². The molecule has 8 heteroatoms. The zero-order valence-corrected chi connectivity index (χ0v) is 18.4. The third kappa shape index (κ3) is 4.66. The lowest BCUT2D eigenvalue weighted by Crippen LogP contribution is -2.11. The number of nitrogens with zero attached hydrogens (tertiary/aromatic N) is 1. The topological polar surface area (TPSA) is 104 Å². The normalized spacial score (nSPS) is 12.2. The molecule has 4 rings (SSSR count). The van der Waals surface area contributed by atoms with Gasteiger partial charge in [0.15, 0.2) is 0 Å². The first-order valence-electron chi connectivity index (χ1n) is 9.90. The second-order valence-corrected chi connectivity index (χ2v) is 8.53. The highest BCUT2D eigenvalue weighted by Crippen LogP contribution is 2.27. The number of primary sulfonamides is 1. The maximum atomic E-state index is 11.5. The molecule has 32 heavy (non-hydrogen) atoms. The number of rotatable bonds is 6. The minimum atomic E-state index is -3.77. The van der Waals surface area contributed by atoms with Gasteiger partial charge in [0.25, 0.3) is 0 Å². The van der Waals surface area contributed by atoms with E-state index in [9.17, 15) is 8.42 Å². The molecule has 0 saturated carbocycles. The number of ether oxygens (including phenoxy) is 2. The lowest BCUT2D eigenvalue weighted by molar-refractivity contribution is 0.340. The summed E-state index contributed by atoms with van der Waals surface area (Å²) in [6.45, 7) is 2.45. The monoisotopic (exact) mass is 450 g/mol. The van der Waals surface area contributed by atoms with E-state index in [2.05, 4.69) is 0 Å². The van der Waals surface area contributed by atoms with Crippen LogP contribution in [-0.2, 0) is 10.0 Å². The van der Waals surface area contributed by atoms with Crippen LogP contribution in [0.25, 0.3) is 22.3 Å². The van der Waals surface area contributed by atoms with Gasteiger partial charge in [-0.25, -0.2) is 18.5 Å². The third-order valence-electron chi connectivity index (χ3n) is 4.82. The van der Waals surface area contributed by atoms with E-state index in [1.807, 2.05) is 55.5 Å². The van der Waals surface area contributed by atoms with E-state index in [-0.39, 0.29) is 4.90 Å². The summed E-state index contributed by atoms with van der Waals surface area (Å²) >= 11 is 0. The minimum Gasteiger partial charge on any atom is -0.497 e. The van der Waals surface area contributed by atoms with E-state index >= 15 is 0 Å². The molecule has 3 aromatic carbocycles. The average Bonchev–Trinajstić information content (AvgIpc) is 2.79. The molecule has 0 aliphatic rings. The Kier molecular flexibility index (Phi) is 5.98. The van der Waals surface area contributed by atoms with E-state index in [0.29, 0.717) is 34.7 Å². The van der Waals surface area contributed by atoms with Crippen molar-refractivity contribution in [3.63, 3.8) is 0 Å². The summed E-state index contributed by atoms with van der Waals surface area (Å²) in [6.07, 6.45) is 0. The first-order chi connectivity index (χ1) is 15.4. The van der Waals surface area contributed by atoms with Crippen molar-refractivity contribution in [3.8, 4) is 22.8 Å². The molecule has 0 bridgehead atoms. The molecule has 0 radical (unpaired) electrons. The van der Waals surface area contributed by atoms with Crippen molar-refractivity contribution < 1.29 is 22.3 Å². The Bertz CT molecular complexity index is 1420. The van der Waals surface area contributed by atoms with Crippen molar-refractivity contribution in [3.05, 3.63) is 78.2 Å². The summed E-state index contributed by atoms with van der Waals surface area (Å²) in [5.74, 6) is 2.08. The Morgan fingerprint density at radius 2 is 1.62 bits per heavy atom. The van der Waals surface area contributed by atoms with Gasteiger partial charge in [-0.3, -0.25) is 0 Å². The molecular weight excluding hydrogens is 428 g/mol. The van der Waals surface area contributed by atoms with Crippen LogP contribution < -0.4 is 20.0 Å². The smallest absolute Gasteiger partial charge is 0.238 e. The highest BCUT2D eigenvalue weighted by atomic mass is 32.2. The van der Waals surface area contributed by atoms with Crippen molar-refractivity contribution >= 4 is 26.7 Å². The molecule has 1 aromatic heterocycles. The summed E-state index contributed by atoms with van der Waals surface area (Å²) in [6, 6.07) is 21.0. The number of fused-ring (bicyclic) bond motifs is 1. The molecule has 0 aliphatic carbocycles. The number of hydrogen-bond acceptors (Lipinski definition) is 6. The van der Waals surface area contributed by atoms with E-state index < -0.39 is 10.0 Å². The van der Waals surface area contributed by atoms with Gasteiger partial charge in [0.05, 0.1) is 29.7 Å². The number of benzene rings is 3. The zero-order valence-electron chi connectivity index (χ0n) is 17.6. The van der Waals surface area contributed by atoms with E-state index in [1.54, 1.807) is 19.2 Å².